The Morgan fingerprint density at radius 1 is 1.35 bits per heavy atom. The Balaban J connectivity index is 1.98. The molecule has 0 atom stereocenters. The Kier molecular flexibility index (Phi) is 4.54. The molecule has 1 aromatic rings. The standard InChI is InChI=1S/C13H18BrFN2/c14-12-2-1-3-13(15)11(12)9-17-6-4-10(8-16)5-7-17/h1-3,10H,4-9,16H2. The van der Waals surface area contributed by atoms with Gasteiger partial charge >= 0.3 is 0 Å². The molecule has 1 aliphatic rings. The molecule has 94 valence electrons. The number of hydrogen-bond donors (Lipinski definition) is 1. The summed E-state index contributed by atoms with van der Waals surface area (Å²) in [6.45, 7) is 3.49. The predicted molar refractivity (Wildman–Crippen MR) is 71.2 cm³/mol. The summed E-state index contributed by atoms with van der Waals surface area (Å²) in [6.07, 6.45) is 2.26. The summed E-state index contributed by atoms with van der Waals surface area (Å²) in [7, 11) is 0. The third-order valence-electron chi connectivity index (χ3n) is 3.48. The van der Waals surface area contributed by atoms with E-state index in [0.29, 0.717) is 12.5 Å². The molecule has 1 aliphatic heterocycles. The van der Waals surface area contributed by atoms with Crippen molar-refractivity contribution in [3.05, 3.63) is 34.1 Å². The maximum Gasteiger partial charge on any atom is 0.128 e. The number of nitrogens with two attached hydrogens (primary N) is 1. The van der Waals surface area contributed by atoms with Crippen molar-refractivity contribution in [2.24, 2.45) is 11.7 Å². The third-order valence-corrected chi connectivity index (χ3v) is 4.23. The molecular weight excluding hydrogens is 283 g/mol. The van der Waals surface area contributed by atoms with Gasteiger partial charge in [0, 0.05) is 16.6 Å². The lowest BCUT2D eigenvalue weighted by Gasteiger charge is -2.31. The Bertz CT molecular complexity index is 355. The Labute approximate surface area is 110 Å². The smallest absolute Gasteiger partial charge is 0.128 e. The van der Waals surface area contributed by atoms with E-state index in [1.54, 1.807) is 6.07 Å². The molecule has 0 spiro atoms. The van der Waals surface area contributed by atoms with Gasteiger partial charge in [0.15, 0.2) is 0 Å². The van der Waals surface area contributed by atoms with Gasteiger partial charge in [-0.3, -0.25) is 4.90 Å². The molecule has 0 aromatic heterocycles. The highest BCUT2D eigenvalue weighted by Gasteiger charge is 2.19. The SMILES string of the molecule is NCC1CCN(Cc2c(F)cccc2Br)CC1. The highest BCUT2D eigenvalue weighted by atomic mass is 79.9. The zero-order chi connectivity index (χ0) is 12.3. The molecule has 1 heterocycles. The Morgan fingerprint density at radius 3 is 2.65 bits per heavy atom. The normalized spacial score (nSPS) is 18.5. The van der Waals surface area contributed by atoms with Gasteiger partial charge in [-0.2, -0.15) is 0 Å². The molecule has 1 aromatic carbocycles. The molecule has 2 nitrogen and oxygen atoms in total. The second-order valence-corrected chi connectivity index (χ2v) is 5.51. The van der Waals surface area contributed by atoms with Crippen LogP contribution in [0.4, 0.5) is 4.39 Å². The summed E-state index contributed by atoms with van der Waals surface area (Å²) in [6, 6.07) is 5.14. The van der Waals surface area contributed by atoms with Crippen molar-refractivity contribution in [2.45, 2.75) is 19.4 Å². The molecule has 0 amide bonds. The number of halogens is 2. The zero-order valence-electron chi connectivity index (χ0n) is 9.83. The van der Waals surface area contributed by atoms with Crippen molar-refractivity contribution in [1.29, 1.82) is 0 Å². The van der Waals surface area contributed by atoms with E-state index < -0.39 is 0 Å². The first-order chi connectivity index (χ1) is 8.20. The molecule has 4 heteroatoms. The quantitative estimate of drug-likeness (QED) is 0.930. The lowest BCUT2D eigenvalue weighted by Crippen LogP contribution is -2.35. The maximum atomic E-state index is 13.7. The van der Waals surface area contributed by atoms with Crippen LogP contribution in [-0.2, 0) is 6.54 Å². The second-order valence-electron chi connectivity index (χ2n) is 4.66. The molecule has 0 radical (unpaired) electrons. The summed E-state index contributed by atoms with van der Waals surface area (Å²) < 4.78 is 14.5. The fourth-order valence-corrected chi connectivity index (χ4v) is 2.75. The van der Waals surface area contributed by atoms with Gasteiger partial charge in [-0.15, -0.1) is 0 Å². The molecule has 2 rings (SSSR count). The van der Waals surface area contributed by atoms with Crippen molar-refractivity contribution < 1.29 is 4.39 Å². The van der Waals surface area contributed by atoms with Crippen LogP contribution in [0.15, 0.2) is 22.7 Å². The molecule has 0 aliphatic carbocycles. The lowest BCUT2D eigenvalue weighted by molar-refractivity contribution is 0.178. The van der Waals surface area contributed by atoms with Crippen LogP contribution in [-0.4, -0.2) is 24.5 Å². The van der Waals surface area contributed by atoms with Crippen molar-refractivity contribution in [2.75, 3.05) is 19.6 Å². The number of likely N-dealkylation sites (tertiary alicyclic amines) is 1. The van der Waals surface area contributed by atoms with Crippen molar-refractivity contribution >= 4 is 15.9 Å². The van der Waals surface area contributed by atoms with Crippen LogP contribution in [0.1, 0.15) is 18.4 Å². The van der Waals surface area contributed by atoms with Crippen LogP contribution in [0.25, 0.3) is 0 Å². The maximum absolute atomic E-state index is 13.7. The van der Waals surface area contributed by atoms with Crippen LogP contribution in [0, 0.1) is 11.7 Å². The van der Waals surface area contributed by atoms with Crippen LogP contribution < -0.4 is 5.73 Å². The van der Waals surface area contributed by atoms with Crippen LogP contribution in [0.3, 0.4) is 0 Å². The van der Waals surface area contributed by atoms with Crippen LogP contribution >= 0.6 is 15.9 Å². The first-order valence-electron chi connectivity index (χ1n) is 6.06. The number of nitrogens with zero attached hydrogens (tertiary/aromatic N) is 1. The van der Waals surface area contributed by atoms with Gasteiger partial charge < -0.3 is 5.73 Å². The van der Waals surface area contributed by atoms with Gasteiger partial charge in [-0.25, -0.2) is 4.39 Å². The fourth-order valence-electron chi connectivity index (χ4n) is 2.29. The fraction of sp³-hybridized carbons (Fsp3) is 0.538. The van der Waals surface area contributed by atoms with E-state index in [1.165, 1.54) is 6.07 Å². The molecule has 0 bridgehead atoms. The van der Waals surface area contributed by atoms with Crippen molar-refractivity contribution in [1.82, 2.24) is 4.90 Å². The minimum Gasteiger partial charge on any atom is -0.330 e. The van der Waals surface area contributed by atoms with E-state index in [2.05, 4.69) is 20.8 Å². The lowest BCUT2D eigenvalue weighted by atomic mass is 9.97. The van der Waals surface area contributed by atoms with E-state index in [0.717, 1.165) is 42.5 Å². The van der Waals surface area contributed by atoms with Gasteiger partial charge in [0.2, 0.25) is 0 Å². The second kappa shape index (κ2) is 5.94. The average Bonchev–Trinajstić information content (AvgIpc) is 2.35. The minimum atomic E-state index is -0.125. The van der Waals surface area contributed by atoms with Crippen LogP contribution in [0.2, 0.25) is 0 Å². The largest absolute Gasteiger partial charge is 0.330 e. The number of rotatable bonds is 3. The van der Waals surface area contributed by atoms with E-state index >= 15 is 0 Å². The topological polar surface area (TPSA) is 29.3 Å². The third kappa shape index (κ3) is 3.27. The highest BCUT2D eigenvalue weighted by Crippen LogP contribution is 2.24. The summed E-state index contributed by atoms with van der Waals surface area (Å²) in [5, 5.41) is 0. The first-order valence-corrected chi connectivity index (χ1v) is 6.85. The van der Waals surface area contributed by atoms with Gasteiger partial charge in [0.25, 0.3) is 0 Å². The number of benzene rings is 1. The summed E-state index contributed by atoms with van der Waals surface area (Å²) in [4.78, 5) is 2.30. The number of hydrogen-bond acceptors (Lipinski definition) is 2. The first kappa shape index (κ1) is 13.0. The summed E-state index contributed by atoms with van der Waals surface area (Å²) in [5.74, 6) is 0.524. The molecule has 2 N–H and O–H groups in total. The predicted octanol–water partition coefficient (Wildman–Crippen LogP) is 2.76. The van der Waals surface area contributed by atoms with E-state index in [-0.39, 0.29) is 5.82 Å². The highest BCUT2D eigenvalue weighted by molar-refractivity contribution is 9.10. The van der Waals surface area contributed by atoms with Crippen molar-refractivity contribution in [3.63, 3.8) is 0 Å². The summed E-state index contributed by atoms with van der Waals surface area (Å²) >= 11 is 3.41. The molecular formula is C13H18BrFN2. The molecule has 17 heavy (non-hydrogen) atoms. The Hall–Kier alpha value is -0.450. The monoisotopic (exact) mass is 300 g/mol. The summed E-state index contributed by atoms with van der Waals surface area (Å²) in [5.41, 5.74) is 6.43. The average molecular weight is 301 g/mol. The van der Waals surface area contributed by atoms with E-state index in [9.17, 15) is 4.39 Å². The molecule has 1 saturated heterocycles. The number of piperidine rings is 1. The van der Waals surface area contributed by atoms with Gasteiger partial charge in [-0.05, 0) is 50.5 Å². The molecule has 0 unspecified atom stereocenters. The van der Waals surface area contributed by atoms with Crippen molar-refractivity contribution in [3.8, 4) is 0 Å². The van der Waals surface area contributed by atoms with E-state index in [1.807, 2.05) is 6.07 Å². The minimum absolute atomic E-state index is 0.125. The van der Waals surface area contributed by atoms with Crippen LogP contribution in [0.5, 0.6) is 0 Å². The van der Waals surface area contributed by atoms with Gasteiger partial charge in [-0.1, -0.05) is 22.0 Å². The van der Waals surface area contributed by atoms with Gasteiger partial charge in [0.05, 0.1) is 0 Å². The zero-order valence-corrected chi connectivity index (χ0v) is 11.4. The molecule has 0 saturated carbocycles. The Morgan fingerprint density at radius 2 is 2.06 bits per heavy atom. The van der Waals surface area contributed by atoms with Gasteiger partial charge in [0.1, 0.15) is 5.82 Å². The molecule has 1 fully saturated rings. The van der Waals surface area contributed by atoms with E-state index in [4.69, 9.17) is 5.73 Å².